The van der Waals surface area contributed by atoms with Crippen LogP contribution in [0.5, 0.6) is 5.75 Å². The van der Waals surface area contributed by atoms with Crippen molar-refractivity contribution in [1.29, 1.82) is 0 Å². The number of likely N-dealkylation sites (N-methyl/N-ethyl adjacent to an activating group) is 1. The number of hydrogen-bond acceptors (Lipinski definition) is 9. The monoisotopic (exact) mass is 677 g/mol. The van der Waals surface area contributed by atoms with E-state index in [4.69, 9.17) is 5.73 Å². The molecule has 0 aromatic heterocycles. The number of nitrogens with zero attached hydrogens (tertiary/aromatic N) is 3. The first kappa shape index (κ1) is 41.4. The highest BCUT2D eigenvalue weighted by Crippen LogP contribution is 2.23. The summed E-state index contributed by atoms with van der Waals surface area (Å²) in [6, 6.07) is 4.00. The molecule has 1 aromatic carbocycles. The number of amides is 2. The van der Waals surface area contributed by atoms with Gasteiger partial charge in [-0.15, -0.1) is 0 Å². The lowest BCUT2D eigenvalue weighted by atomic mass is 9.84. The van der Waals surface area contributed by atoms with Crippen LogP contribution in [-0.4, -0.2) is 94.7 Å². The molecule has 0 aliphatic rings. The largest absolute Gasteiger partial charge is 0.508 e. The third kappa shape index (κ3) is 15.3. The Hall–Kier alpha value is -4.60. The van der Waals surface area contributed by atoms with Crippen molar-refractivity contribution in [2.24, 2.45) is 34.5 Å². The Balaban J connectivity index is 3.22. The molecular formula is C32H51N7O9. The van der Waals surface area contributed by atoms with Gasteiger partial charge in [-0.25, -0.2) is 10.1 Å². The summed E-state index contributed by atoms with van der Waals surface area (Å²) in [6.07, 6.45) is 0.421. The molecule has 1 aromatic rings. The van der Waals surface area contributed by atoms with Gasteiger partial charge in [-0.05, 0) is 62.9 Å². The second kappa shape index (κ2) is 20.6. The van der Waals surface area contributed by atoms with Crippen LogP contribution in [0.2, 0.25) is 0 Å². The van der Waals surface area contributed by atoms with E-state index >= 15 is 0 Å². The number of phenols is 1. The van der Waals surface area contributed by atoms with E-state index in [2.05, 4.69) is 21.1 Å². The number of aromatic hydroxyl groups is 1. The maximum Gasteiger partial charge on any atom is 0.307 e. The Morgan fingerprint density at radius 3 is 2.08 bits per heavy atom. The summed E-state index contributed by atoms with van der Waals surface area (Å²) in [4.78, 5) is 77.6. The van der Waals surface area contributed by atoms with Crippen molar-refractivity contribution in [3.63, 3.8) is 0 Å². The van der Waals surface area contributed by atoms with Crippen LogP contribution in [0.15, 0.2) is 29.4 Å². The highest BCUT2D eigenvalue weighted by Gasteiger charge is 2.34. The first-order valence-electron chi connectivity index (χ1n) is 16.0. The number of carbonyl (C=O) groups is 5. The predicted octanol–water partition coefficient (Wildman–Crippen LogP) is 1.28. The average Bonchev–Trinajstić information content (AvgIpc) is 2.98. The Bertz CT molecular complexity index is 1280. The standard InChI is InChI=1S/C32H51N7O9/c1-7-20(4)24(31(45)46)17-28(42)26(15-21-10-12-22(40)13-11-21)36-30(44)23(19(2)3)16-27(41)25(35-29(43)18-38(5)6)9-8-14-34-32(33)37-39(47)48/h10-13,19-20,23-26,40H,7-9,14-18H2,1-6H3,(H,35,43)(H,36,44)(H,45,46)(H3,33,34,37)/t20?,23-,24-,25-,26-/m0/s1. The maximum absolute atomic E-state index is 13.7. The van der Waals surface area contributed by atoms with E-state index in [-0.39, 0.29) is 62.8 Å². The molecule has 0 fully saturated rings. The zero-order valence-corrected chi connectivity index (χ0v) is 28.6. The minimum atomic E-state index is -1.11. The lowest BCUT2D eigenvalue weighted by Crippen LogP contribution is -2.49. The van der Waals surface area contributed by atoms with Gasteiger partial charge >= 0.3 is 5.97 Å². The van der Waals surface area contributed by atoms with Gasteiger partial charge in [0, 0.05) is 25.3 Å². The topological polar surface area (TPSA) is 247 Å². The van der Waals surface area contributed by atoms with E-state index in [0.717, 1.165) is 0 Å². The fourth-order valence-corrected chi connectivity index (χ4v) is 5.04. The molecule has 1 rings (SSSR count). The van der Waals surface area contributed by atoms with Gasteiger partial charge in [0.2, 0.25) is 11.8 Å². The first-order chi connectivity index (χ1) is 22.4. The van der Waals surface area contributed by atoms with Crippen molar-refractivity contribution in [3.05, 3.63) is 39.9 Å². The normalized spacial score (nSPS) is 14.8. The molecule has 7 N–H and O–H groups in total. The summed E-state index contributed by atoms with van der Waals surface area (Å²) in [5.41, 5.74) is 6.07. The van der Waals surface area contributed by atoms with Gasteiger partial charge in [-0.3, -0.25) is 24.0 Å². The highest BCUT2D eigenvalue weighted by atomic mass is 16.7. The van der Waals surface area contributed by atoms with E-state index < -0.39 is 64.3 Å². The number of ketones is 2. The molecule has 16 heteroatoms. The summed E-state index contributed by atoms with van der Waals surface area (Å²) in [5.74, 6) is -5.89. The van der Waals surface area contributed by atoms with Crippen LogP contribution in [0.3, 0.4) is 0 Å². The second-order valence-electron chi connectivity index (χ2n) is 12.6. The van der Waals surface area contributed by atoms with Gasteiger partial charge < -0.3 is 36.8 Å². The number of carboxylic acid groups (broad SMARTS) is 1. The van der Waals surface area contributed by atoms with Crippen LogP contribution >= 0.6 is 0 Å². The Labute approximate surface area is 281 Å². The summed E-state index contributed by atoms with van der Waals surface area (Å²) in [7, 11) is 3.38. The number of rotatable bonds is 22. The van der Waals surface area contributed by atoms with E-state index in [0.29, 0.717) is 12.0 Å². The number of nitrogens with one attached hydrogen (secondary N) is 3. The molecule has 0 radical (unpaired) electrons. The van der Waals surface area contributed by atoms with Gasteiger partial charge in [0.15, 0.2) is 16.6 Å². The number of carbonyl (C=O) groups excluding carboxylic acids is 4. The van der Waals surface area contributed by atoms with Gasteiger partial charge in [0.25, 0.3) is 5.96 Å². The minimum Gasteiger partial charge on any atom is -0.508 e. The number of Topliss-reactive ketones (excluding diaryl/α,β-unsaturated/α-hetero) is 2. The van der Waals surface area contributed by atoms with Crippen molar-refractivity contribution in [3.8, 4) is 5.75 Å². The number of phenolic OH excluding ortho intramolecular Hbond substituents is 1. The summed E-state index contributed by atoms with van der Waals surface area (Å²) < 4.78 is 0. The number of aliphatic carboxylic acids is 1. The number of nitrogens with two attached hydrogens (primary N) is 1. The van der Waals surface area contributed by atoms with Crippen LogP contribution < -0.4 is 21.7 Å². The van der Waals surface area contributed by atoms with Gasteiger partial charge in [-0.1, -0.05) is 46.2 Å². The van der Waals surface area contributed by atoms with Gasteiger partial charge in [0.05, 0.1) is 24.5 Å². The molecule has 0 spiro atoms. The fraction of sp³-hybridized carbons (Fsp3) is 0.625. The minimum absolute atomic E-state index is 0.00754. The van der Waals surface area contributed by atoms with Crippen LogP contribution in [-0.2, 0) is 30.4 Å². The smallest absolute Gasteiger partial charge is 0.307 e. The summed E-state index contributed by atoms with van der Waals surface area (Å²) in [5, 5.41) is 40.0. The number of carboxylic acids is 1. The lowest BCUT2D eigenvalue weighted by Gasteiger charge is -2.27. The quantitative estimate of drug-likeness (QED) is 0.0334. The molecule has 0 aliphatic heterocycles. The third-order valence-corrected chi connectivity index (χ3v) is 8.06. The Morgan fingerprint density at radius 1 is 0.979 bits per heavy atom. The number of nitro groups is 1. The first-order valence-corrected chi connectivity index (χ1v) is 16.0. The van der Waals surface area contributed by atoms with Crippen LogP contribution in [0, 0.1) is 33.8 Å². The molecule has 5 atom stereocenters. The predicted molar refractivity (Wildman–Crippen MR) is 178 cm³/mol. The van der Waals surface area contributed by atoms with E-state index in [9.17, 15) is 44.3 Å². The van der Waals surface area contributed by atoms with Crippen molar-refractivity contribution in [2.75, 3.05) is 27.2 Å². The highest BCUT2D eigenvalue weighted by molar-refractivity contribution is 5.95. The Morgan fingerprint density at radius 2 is 1.56 bits per heavy atom. The number of benzene rings is 1. The van der Waals surface area contributed by atoms with Gasteiger partial charge in [0.1, 0.15) is 10.9 Å². The van der Waals surface area contributed by atoms with E-state index in [1.807, 2.05) is 6.92 Å². The number of hydrogen-bond donors (Lipinski definition) is 6. The molecule has 0 bridgehead atoms. The third-order valence-electron chi connectivity index (χ3n) is 8.06. The van der Waals surface area contributed by atoms with Crippen LogP contribution in [0.1, 0.15) is 65.4 Å². The van der Waals surface area contributed by atoms with Crippen LogP contribution in [0.4, 0.5) is 0 Å². The molecule has 1 unspecified atom stereocenters. The van der Waals surface area contributed by atoms with Crippen molar-refractivity contribution in [2.45, 2.75) is 78.3 Å². The molecular weight excluding hydrogens is 626 g/mol. The molecule has 48 heavy (non-hydrogen) atoms. The molecule has 268 valence electrons. The average molecular weight is 678 g/mol. The van der Waals surface area contributed by atoms with Gasteiger partial charge in [-0.2, -0.15) is 0 Å². The zero-order chi connectivity index (χ0) is 36.6. The summed E-state index contributed by atoms with van der Waals surface area (Å²) in [6.45, 7) is 7.21. The maximum atomic E-state index is 13.7. The second-order valence-corrected chi connectivity index (χ2v) is 12.6. The molecule has 2 amide bonds. The van der Waals surface area contributed by atoms with Crippen molar-refractivity contribution in [1.82, 2.24) is 20.9 Å². The van der Waals surface area contributed by atoms with Crippen LogP contribution in [0.25, 0.3) is 0 Å². The molecule has 0 saturated carbocycles. The van der Waals surface area contributed by atoms with Crippen molar-refractivity contribution < 1.29 is 39.2 Å². The number of guanidine groups is 1. The van der Waals surface area contributed by atoms with Crippen molar-refractivity contribution >= 4 is 35.3 Å². The summed E-state index contributed by atoms with van der Waals surface area (Å²) >= 11 is 0. The number of hydrazone groups is 1. The molecule has 0 aliphatic carbocycles. The Kier molecular flexibility index (Phi) is 17.8. The zero-order valence-electron chi connectivity index (χ0n) is 28.6. The lowest BCUT2D eigenvalue weighted by molar-refractivity contribution is -0.485. The SMILES string of the molecule is CCC(C)[C@H](CC(=O)[C@H](Cc1ccc(O)cc1)NC(=O)[C@@H](CC(=O)[C@H](CCCN/C(N)=N\[N+](=O)[O-])NC(=O)CN(C)C)C(C)C)C(=O)O. The molecule has 16 nitrogen and oxygen atoms in total. The van der Waals surface area contributed by atoms with E-state index in [1.54, 1.807) is 51.9 Å². The van der Waals surface area contributed by atoms with E-state index in [1.165, 1.54) is 12.1 Å². The fourth-order valence-electron chi connectivity index (χ4n) is 5.04. The molecule has 0 heterocycles. The molecule has 0 saturated heterocycles.